The average Bonchev–Trinajstić information content (AvgIpc) is 3.14. The third kappa shape index (κ3) is 4.09. The molecule has 1 amide bonds. The van der Waals surface area contributed by atoms with Crippen LogP contribution in [0.25, 0.3) is 33.1 Å². The number of rotatable bonds is 7. The highest BCUT2D eigenvalue weighted by atomic mass is 16.4. The molecule has 0 saturated heterocycles. The van der Waals surface area contributed by atoms with Crippen molar-refractivity contribution in [1.29, 1.82) is 0 Å². The van der Waals surface area contributed by atoms with Gasteiger partial charge in [-0.15, -0.1) is 0 Å². The maximum atomic E-state index is 12.8. The smallest absolute Gasteiger partial charge is 0.340 e. The first kappa shape index (κ1) is 23.3. The Balaban J connectivity index is 1.83. The highest BCUT2D eigenvalue weighted by molar-refractivity contribution is 6.06. The van der Waals surface area contributed by atoms with Crippen LogP contribution in [0.4, 0.5) is 0 Å². The van der Waals surface area contributed by atoms with Crippen molar-refractivity contribution >= 4 is 33.8 Å². The van der Waals surface area contributed by atoms with Crippen LogP contribution in [0.3, 0.4) is 0 Å². The predicted molar refractivity (Wildman–Crippen MR) is 127 cm³/mol. The van der Waals surface area contributed by atoms with Gasteiger partial charge in [-0.3, -0.25) is 4.79 Å². The minimum Gasteiger partial charge on any atom is -0.548 e. The van der Waals surface area contributed by atoms with Gasteiger partial charge in [0.05, 0.1) is 24.0 Å². The molecule has 0 aliphatic heterocycles. The Morgan fingerprint density at radius 2 is 1.68 bits per heavy atom. The van der Waals surface area contributed by atoms with Crippen LogP contribution in [0.2, 0.25) is 0 Å². The number of benzene rings is 2. The Kier molecular flexibility index (Phi) is 6.28. The number of fused-ring (bicyclic) bond motifs is 2. The third-order valence-corrected chi connectivity index (χ3v) is 6.23. The number of furan rings is 1. The lowest BCUT2D eigenvalue weighted by molar-refractivity contribution is -0.308. The zero-order valence-corrected chi connectivity index (χ0v) is 19.6. The fourth-order valence-corrected chi connectivity index (χ4v) is 4.49. The number of nitrogens with one attached hydrogen (secondary N) is 1. The van der Waals surface area contributed by atoms with Gasteiger partial charge in [0.25, 0.3) is 0 Å². The summed E-state index contributed by atoms with van der Waals surface area (Å²) in [7, 11) is 0. The minimum atomic E-state index is -1.35. The van der Waals surface area contributed by atoms with Gasteiger partial charge < -0.3 is 24.1 Å². The zero-order valence-electron chi connectivity index (χ0n) is 19.6. The van der Waals surface area contributed by atoms with Crippen LogP contribution in [0.15, 0.2) is 50.0 Å². The first-order chi connectivity index (χ1) is 16.2. The van der Waals surface area contributed by atoms with Crippen molar-refractivity contribution in [3.63, 3.8) is 0 Å². The lowest BCUT2D eigenvalue weighted by Gasteiger charge is -2.19. The highest BCUT2D eigenvalue weighted by Gasteiger charge is 2.22. The molecule has 0 aliphatic carbocycles. The van der Waals surface area contributed by atoms with Crippen LogP contribution < -0.4 is 16.0 Å². The topological polar surface area (TPSA) is 113 Å². The monoisotopic (exact) mass is 460 g/mol. The number of amides is 1. The van der Waals surface area contributed by atoms with Crippen molar-refractivity contribution in [3.05, 3.63) is 69.3 Å². The number of aliphatic carboxylic acids is 1. The lowest BCUT2D eigenvalue weighted by atomic mass is 9.96. The van der Waals surface area contributed by atoms with E-state index in [1.165, 1.54) is 0 Å². The molecular formula is C27H26NO6-. The Morgan fingerprint density at radius 1 is 1.00 bits per heavy atom. The molecule has 1 atom stereocenters. The number of carboxylic acids is 1. The molecule has 0 fully saturated rings. The van der Waals surface area contributed by atoms with Gasteiger partial charge in [0.2, 0.25) is 5.91 Å². The van der Waals surface area contributed by atoms with Crippen LogP contribution in [0.1, 0.15) is 42.2 Å². The van der Waals surface area contributed by atoms with Crippen molar-refractivity contribution in [2.45, 2.75) is 53.0 Å². The first-order valence-electron chi connectivity index (χ1n) is 11.3. The molecule has 34 heavy (non-hydrogen) atoms. The van der Waals surface area contributed by atoms with Gasteiger partial charge in [-0.05, 0) is 44.4 Å². The second kappa shape index (κ2) is 9.17. The first-order valence-corrected chi connectivity index (χ1v) is 11.3. The van der Waals surface area contributed by atoms with Crippen LogP contribution in [-0.4, -0.2) is 17.9 Å². The van der Waals surface area contributed by atoms with E-state index < -0.39 is 23.5 Å². The van der Waals surface area contributed by atoms with Gasteiger partial charge in [0.1, 0.15) is 16.9 Å². The molecule has 0 bridgehead atoms. The summed E-state index contributed by atoms with van der Waals surface area (Å²) >= 11 is 0. The van der Waals surface area contributed by atoms with Crippen LogP contribution in [0, 0.1) is 20.8 Å². The Bertz CT molecular complexity index is 1460. The van der Waals surface area contributed by atoms with E-state index in [0.29, 0.717) is 34.1 Å². The van der Waals surface area contributed by atoms with E-state index in [4.69, 9.17) is 8.83 Å². The summed E-state index contributed by atoms with van der Waals surface area (Å²) in [6.07, 6.45) is 0.530. The lowest BCUT2D eigenvalue weighted by Crippen LogP contribution is -2.48. The van der Waals surface area contributed by atoms with Crippen molar-refractivity contribution in [1.82, 2.24) is 5.32 Å². The molecule has 7 nitrogen and oxygen atoms in total. The molecule has 4 rings (SSSR count). The molecule has 7 heteroatoms. The normalized spacial score (nSPS) is 12.2. The van der Waals surface area contributed by atoms with Crippen molar-refractivity contribution in [2.24, 2.45) is 0 Å². The maximum absolute atomic E-state index is 12.8. The summed E-state index contributed by atoms with van der Waals surface area (Å²) in [6, 6.07) is 10.7. The van der Waals surface area contributed by atoms with E-state index in [1.54, 1.807) is 6.92 Å². The quantitative estimate of drug-likeness (QED) is 0.421. The SMILES string of the molecule is CCC[C@@H](NC(=O)Cc1c(C)c2cc3c(-c4ccccc4)c(C)oc3c(C)c2oc1=O)C(=O)[O-]. The van der Waals surface area contributed by atoms with E-state index in [1.807, 2.05) is 57.2 Å². The Labute approximate surface area is 196 Å². The van der Waals surface area contributed by atoms with Gasteiger partial charge in [-0.1, -0.05) is 43.7 Å². The van der Waals surface area contributed by atoms with Gasteiger partial charge in [0, 0.05) is 21.9 Å². The fourth-order valence-electron chi connectivity index (χ4n) is 4.49. The van der Waals surface area contributed by atoms with E-state index >= 15 is 0 Å². The minimum absolute atomic E-state index is 0.193. The van der Waals surface area contributed by atoms with E-state index in [-0.39, 0.29) is 18.4 Å². The second-order valence-electron chi connectivity index (χ2n) is 8.55. The van der Waals surface area contributed by atoms with E-state index in [9.17, 15) is 19.5 Å². The Hall–Kier alpha value is -3.87. The third-order valence-electron chi connectivity index (χ3n) is 6.23. The van der Waals surface area contributed by atoms with E-state index in [0.717, 1.165) is 22.3 Å². The Morgan fingerprint density at radius 3 is 2.32 bits per heavy atom. The fraction of sp³-hybridized carbons (Fsp3) is 0.296. The standard InChI is InChI=1S/C27H27NO6/c1-5-9-21(26(30)31)28-22(29)13-19-14(2)18-12-20-23(17-10-7-6-8-11-17)16(4)33-25(20)15(3)24(18)34-27(19)32/h6-8,10-12,21H,5,9,13H2,1-4H3,(H,28,29)(H,30,31)/p-1/t21-/m1/s1. The van der Waals surface area contributed by atoms with Gasteiger partial charge in [-0.2, -0.15) is 0 Å². The predicted octanol–water partition coefficient (Wildman–Crippen LogP) is 3.71. The highest BCUT2D eigenvalue weighted by Crippen LogP contribution is 2.39. The van der Waals surface area contributed by atoms with Crippen LogP contribution >= 0.6 is 0 Å². The van der Waals surface area contributed by atoms with Crippen LogP contribution in [-0.2, 0) is 16.0 Å². The molecule has 2 aromatic heterocycles. The van der Waals surface area contributed by atoms with Crippen molar-refractivity contribution < 1.29 is 23.5 Å². The summed E-state index contributed by atoms with van der Waals surface area (Å²) in [5.41, 5.74) is 3.91. The molecular weight excluding hydrogens is 434 g/mol. The molecule has 0 spiro atoms. The summed E-state index contributed by atoms with van der Waals surface area (Å²) in [6.45, 7) is 7.32. The van der Waals surface area contributed by atoms with Gasteiger partial charge in [-0.25, -0.2) is 4.79 Å². The molecule has 4 aromatic rings. The molecule has 176 valence electrons. The number of aryl methyl sites for hydroxylation is 3. The van der Waals surface area contributed by atoms with E-state index in [2.05, 4.69) is 5.32 Å². The molecule has 2 heterocycles. The molecule has 0 saturated carbocycles. The average molecular weight is 461 g/mol. The largest absolute Gasteiger partial charge is 0.548 e. The molecule has 2 aromatic carbocycles. The number of carbonyl (C=O) groups excluding carboxylic acids is 2. The summed E-state index contributed by atoms with van der Waals surface area (Å²) in [4.78, 5) is 36.7. The summed E-state index contributed by atoms with van der Waals surface area (Å²) in [5.74, 6) is -1.16. The van der Waals surface area contributed by atoms with Crippen LogP contribution in [0.5, 0.6) is 0 Å². The van der Waals surface area contributed by atoms with Gasteiger partial charge >= 0.3 is 5.63 Å². The van der Waals surface area contributed by atoms with Gasteiger partial charge in [0.15, 0.2) is 0 Å². The maximum Gasteiger partial charge on any atom is 0.340 e. The van der Waals surface area contributed by atoms with Crippen molar-refractivity contribution in [2.75, 3.05) is 0 Å². The molecule has 0 radical (unpaired) electrons. The summed E-state index contributed by atoms with van der Waals surface area (Å²) < 4.78 is 11.7. The molecule has 1 N–H and O–H groups in total. The summed E-state index contributed by atoms with van der Waals surface area (Å²) in [5, 5.41) is 15.3. The second-order valence-corrected chi connectivity index (χ2v) is 8.55. The number of hydrogen-bond donors (Lipinski definition) is 1. The molecule has 0 aliphatic rings. The molecule has 0 unspecified atom stereocenters. The van der Waals surface area contributed by atoms with Crippen molar-refractivity contribution in [3.8, 4) is 11.1 Å². The zero-order chi connectivity index (χ0) is 24.6. The number of hydrogen-bond acceptors (Lipinski definition) is 6. The number of carboxylic acid groups (broad SMARTS) is 1. The number of carbonyl (C=O) groups is 2.